The molecule has 0 saturated heterocycles. The van der Waals surface area contributed by atoms with Crippen LogP contribution in [0, 0.1) is 20.8 Å². The summed E-state index contributed by atoms with van der Waals surface area (Å²) in [6, 6.07) is 17.8. The lowest BCUT2D eigenvalue weighted by molar-refractivity contribution is 0.767. The Hall–Kier alpha value is -3.59. The van der Waals surface area contributed by atoms with E-state index in [2.05, 4.69) is 51.8 Å². The van der Waals surface area contributed by atoms with Gasteiger partial charge >= 0.3 is 0 Å². The fourth-order valence-electron chi connectivity index (χ4n) is 2.88. The van der Waals surface area contributed by atoms with Crippen molar-refractivity contribution in [3.8, 4) is 5.95 Å². The van der Waals surface area contributed by atoms with Crippen molar-refractivity contribution in [2.75, 3.05) is 10.7 Å². The first-order chi connectivity index (χ1) is 15.0. The molecule has 0 unspecified atom stereocenters. The summed E-state index contributed by atoms with van der Waals surface area (Å²) in [4.78, 5) is 13.5. The van der Waals surface area contributed by atoms with Gasteiger partial charge in [0.05, 0.1) is 11.9 Å². The summed E-state index contributed by atoms with van der Waals surface area (Å²) in [5, 5.41) is 12.0. The van der Waals surface area contributed by atoms with E-state index in [9.17, 15) is 0 Å². The lowest BCUT2D eigenvalue weighted by Crippen LogP contribution is -2.11. The van der Waals surface area contributed by atoms with Crippen LogP contribution in [0.25, 0.3) is 5.95 Å². The second-order valence-corrected chi connectivity index (χ2v) is 7.95. The number of aryl methyl sites for hydroxylation is 3. The molecule has 0 atom stereocenters. The van der Waals surface area contributed by atoms with Crippen LogP contribution in [0.1, 0.15) is 22.5 Å². The molecule has 0 amide bonds. The third-order valence-electron chi connectivity index (χ3n) is 4.38. The molecule has 0 spiro atoms. The highest BCUT2D eigenvalue weighted by Crippen LogP contribution is 2.17. The zero-order valence-electron chi connectivity index (χ0n) is 17.3. The van der Waals surface area contributed by atoms with E-state index in [0.29, 0.717) is 17.8 Å². The molecule has 0 bridgehead atoms. The molecule has 8 nitrogen and oxygen atoms in total. The summed E-state index contributed by atoms with van der Waals surface area (Å²) in [7, 11) is 0. The Morgan fingerprint density at radius 3 is 2.29 bits per heavy atom. The quantitative estimate of drug-likeness (QED) is 0.302. The minimum atomic E-state index is 0.306. The van der Waals surface area contributed by atoms with Crippen LogP contribution in [0.5, 0.6) is 0 Å². The van der Waals surface area contributed by atoms with E-state index in [4.69, 9.17) is 0 Å². The van der Waals surface area contributed by atoms with Crippen molar-refractivity contribution in [2.45, 2.75) is 20.8 Å². The van der Waals surface area contributed by atoms with E-state index in [0.717, 1.165) is 27.1 Å². The van der Waals surface area contributed by atoms with E-state index in [1.54, 1.807) is 10.9 Å². The van der Waals surface area contributed by atoms with Gasteiger partial charge in [0.2, 0.25) is 11.9 Å². The zero-order valence-corrected chi connectivity index (χ0v) is 18.9. The molecule has 2 N–H and O–H groups in total. The predicted octanol–water partition coefficient (Wildman–Crippen LogP) is 4.93. The summed E-state index contributed by atoms with van der Waals surface area (Å²) >= 11 is 3.42. The maximum atomic E-state index is 4.54. The average Bonchev–Trinajstić information content (AvgIpc) is 3.09. The number of anilines is 3. The molecule has 0 saturated carbocycles. The first-order valence-corrected chi connectivity index (χ1v) is 10.4. The van der Waals surface area contributed by atoms with Gasteiger partial charge in [-0.25, -0.2) is 10.1 Å². The van der Waals surface area contributed by atoms with E-state index >= 15 is 0 Å². The van der Waals surface area contributed by atoms with Crippen LogP contribution < -0.4 is 10.7 Å². The molecule has 4 rings (SSSR count). The van der Waals surface area contributed by atoms with Crippen molar-refractivity contribution in [3.63, 3.8) is 0 Å². The normalized spacial score (nSPS) is 11.1. The van der Waals surface area contributed by atoms with Gasteiger partial charge < -0.3 is 5.32 Å². The van der Waals surface area contributed by atoms with E-state index < -0.39 is 0 Å². The molecule has 9 heteroatoms. The number of nitrogens with zero attached hydrogens (tertiary/aromatic N) is 6. The molecule has 0 aliphatic carbocycles. The molecule has 0 aliphatic rings. The molecule has 2 heterocycles. The second-order valence-electron chi connectivity index (χ2n) is 7.03. The minimum Gasteiger partial charge on any atom is -0.324 e. The van der Waals surface area contributed by atoms with Gasteiger partial charge in [-0.3, -0.25) is 0 Å². The average molecular weight is 477 g/mol. The lowest BCUT2D eigenvalue weighted by atomic mass is 10.2. The van der Waals surface area contributed by atoms with Crippen LogP contribution in [-0.4, -0.2) is 30.9 Å². The molecule has 156 valence electrons. The van der Waals surface area contributed by atoms with Crippen molar-refractivity contribution in [1.29, 1.82) is 0 Å². The number of rotatable bonds is 6. The summed E-state index contributed by atoms with van der Waals surface area (Å²) in [5.74, 6) is 1.10. The third kappa shape index (κ3) is 5.32. The molecule has 0 aliphatic heterocycles. The molecule has 31 heavy (non-hydrogen) atoms. The van der Waals surface area contributed by atoms with Crippen LogP contribution >= 0.6 is 15.9 Å². The Labute approximate surface area is 188 Å². The Morgan fingerprint density at radius 1 is 0.903 bits per heavy atom. The van der Waals surface area contributed by atoms with E-state index in [-0.39, 0.29) is 0 Å². The fourth-order valence-corrected chi connectivity index (χ4v) is 3.14. The van der Waals surface area contributed by atoms with Crippen LogP contribution in [-0.2, 0) is 0 Å². The van der Waals surface area contributed by atoms with Gasteiger partial charge in [-0.2, -0.15) is 25.2 Å². The SMILES string of the molecule is Cc1ccc(Nc2nc(NN=Cc3ccc(Br)cc3)nc(-n3nc(C)cc3C)n2)cc1. The molecule has 2 aromatic heterocycles. The Kier molecular flexibility index (Phi) is 6.03. The number of hydrazone groups is 1. The number of aromatic nitrogens is 5. The number of halogens is 1. The lowest BCUT2D eigenvalue weighted by Gasteiger charge is -2.09. The maximum Gasteiger partial charge on any atom is 0.257 e. The summed E-state index contributed by atoms with van der Waals surface area (Å²) in [6.45, 7) is 5.92. The highest BCUT2D eigenvalue weighted by atomic mass is 79.9. The van der Waals surface area contributed by atoms with Crippen molar-refractivity contribution in [3.05, 3.63) is 81.6 Å². The van der Waals surface area contributed by atoms with Gasteiger partial charge in [-0.05, 0) is 56.7 Å². The Morgan fingerprint density at radius 2 is 1.61 bits per heavy atom. The molecule has 2 aromatic carbocycles. The Balaban J connectivity index is 1.64. The molecular formula is C22H21BrN8. The van der Waals surface area contributed by atoms with Crippen LogP contribution in [0.15, 0.2) is 64.2 Å². The summed E-state index contributed by atoms with van der Waals surface area (Å²) in [6.07, 6.45) is 1.70. The maximum absolute atomic E-state index is 4.54. The Bertz CT molecular complexity index is 1210. The molecule has 4 aromatic rings. The van der Waals surface area contributed by atoms with Gasteiger partial charge in [0.1, 0.15) is 0 Å². The number of benzene rings is 2. The van der Waals surface area contributed by atoms with Crippen LogP contribution in [0.2, 0.25) is 0 Å². The zero-order chi connectivity index (χ0) is 21.8. The van der Waals surface area contributed by atoms with Crippen LogP contribution in [0.4, 0.5) is 17.6 Å². The van der Waals surface area contributed by atoms with E-state index in [1.807, 2.05) is 75.4 Å². The fraction of sp³-hybridized carbons (Fsp3) is 0.136. The first-order valence-electron chi connectivity index (χ1n) is 9.64. The standard InChI is InChI=1S/C22H21BrN8/c1-14-4-10-19(11-5-14)25-20-26-21(29-24-13-17-6-8-18(23)9-7-17)28-22(27-20)31-16(3)12-15(2)30-31/h4-13H,1-3H3,(H2,25,26,27,28,29). The summed E-state index contributed by atoms with van der Waals surface area (Å²) in [5.41, 5.74) is 7.70. The van der Waals surface area contributed by atoms with E-state index in [1.165, 1.54) is 5.56 Å². The monoisotopic (exact) mass is 476 g/mol. The largest absolute Gasteiger partial charge is 0.324 e. The topological polar surface area (TPSA) is 92.9 Å². The number of hydrogen-bond acceptors (Lipinski definition) is 7. The molecule has 0 radical (unpaired) electrons. The predicted molar refractivity (Wildman–Crippen MR) is 126 cm³/mol. The number of hydrogen-bond donors (Lipinski definition) is 2. The second kappa shape index (κ2) is 9.05. The smallest absolute Gasteiger partial charge is 0.257 e. The van der Waals surface area contributed by atoms with Crippen LogP contribution in [0.3, 0.4) is 0 Å². The van der Waals surface area contributed by atoms with Crippen molar-refractivity contribution in [2.24, 2.45) is 5.10 Å². The van der Waals surface area contributed by atoms with Gasteiger partial charge in [-0.15, -0.1) is 0 Å². The molecular weight excluding hydrogens is 456 g/mol. The molecule has 0 fully saturated rings. The van der Waals surface area contributed by atoms with Gasteiger partial charge in [0.25, 0.3) is 5.95 Å². The highest BCUT2D eigenvalue weighted by molar-refractivity contribution is 9.10. The van der Waals surface area contributed by atoms with Gasteiger partial charge in [-0.1, -0.05) is 45.8 Å². The van der Waals surface area contributed by atoms with Gasteiger partial charge in [0.15, 0.2) is 0 Å². The first kappa shape index (κ1) is 20.7. The minimum absolute atomic E-state index is 0.306. The van der Waals surface area contributed by atoms with Gasteiger partial charge in [0, 0.05) is 15.9 Å². The number of nitrogens with one attached hydrogen (secondary N) is 2. The highest BCUT2D eigenvalue weighted by Gasteiger charge is 2.12. The summed E-state index contributed by atoms with van der Waals surface area (Å²) < 4.78 is 2.69. The van der Waals surface area contributed by atoms with Crippen molar-refractivity contribution >= 4 is 39.7 Å². The third-order valence-corrected chi connectivity index (χ3v) is 4.91. The van der Waals surface area contributed by atoms with Crippen molar-refractivity contribution in [1.82, 2.24) is 24.7 Å². The van der Waals surface area contributed by atoms with Crippen molar-refractivity contribution < 1.29 is 0 Å².